The molecule has 3 aromatic heterocycles. The highest BCUT2D eigenvalue weighted by molar-refractivity contribution is 5.77. The summed E-state index contributed by atoms with van der Waals surface area (Å²) in [5.41, 5.74) is 3.41. The summed E-state index contributed by atoms with van der Waals surface area (Å²) in [6.07, 6.45) is 6.56. The van der Waals surface area contributed by atoms with Crippen LogP contribution in [0.1, 0.15) is 36.1 Å². The predicted octanol–water partition coefficient (Wildman–Crippen LogP) is 2.92. The molecule has 1 fully saturated rings. The Morgan fingerprint density at radius 3 is 2.89 bits per heavy atom. The lowest BCUT2D eigenvalue weighted by molar-refractivity contribution is -0.0426. The first-order valence-corrected chi connectivity index (χ1v) is 11.9. The third kappa shape index (κ3) is 3.73. The number of benzene rings is 1. The van der Waals surface area contributed by atoms with Gasteiger partial charge in [-0.05, 0) is 67.6 Å². The Morgan fingerprint density at radius 1 is 1.20 bits per heavy atom. The summed E-state index contributed by atoms with van der Waals surface area (Å²) in [5.74, 6) is 0.903. The number of nitrogens with one attached hydrogen (secondary N) is 2. The zero-order chi connectivity index (χ0) is 24.0. The molecule has 0 radical (unpaired) electrons. The van der Waals surface area contributed by atoms with E-state index >= 15 is 0 Å². The van der Waals surface area contributed by atoms with Gasteiger partial charge in [0.05, 0.1) is 12.2 Å². The molecule has 4 aromatic rings. The number of allylic oxidation sites excluding steroid dienone is 1. The monoisotopic (exact) mass is 469 g/mol. The van der Waals surface area contributed by atoms with Crippen molar-refractivity contribution in [2.75, 3.05) is 11.9 Å². The van der Waals surface area contributed by atoms with E-state index in [0.29, 0.717) is 41.3 Å². The molecule has 9 heteroatoms. The van der Waals surface area contributed by atoms with E-state index in [0.717, 1.165) is 31.6 Å². The van der Waals surface area contributed by atoms with Crippen molar-refractivity contribution in [1.82, 2.24) is 29.6 Å². The summed E-state index contributed by atoms with van der Waals surface area (Å²) >= 11 is 0. The molecule has 0 amide bonds. The SMILES string of the molecule is C=CCn1c(=O)c2cnc(Nc3ccc4c(c3)CNCC4)nc2n1-c1cccc(C2(O)CCC2)n1. The molecule has 0 bridgehead atoms. The summed E-state index contributed by atoms with van der Waals surface area (Å²) in [7, 11) is 0. The van der Waals surface area contributed by atoms with Crippen LogP contribution < -0.4 is 16.2 Å². The van der Waals surface area contributed by atoms with Gasteiger partial charge in [-0.2, -0.15) is 4.98 Å². The molecule has 4 heterocycles. The van der Waals surface area contributed by atoms with Crippen LogP contribution in [0.15, 0.2) is 60.0 Å². The van der Waals surface area contributed by atoms with E-state index < -0.39 is 5.60 Å². The number of rotatable bonds is 6. The van der Waals surface area contributed by atoms with Crippen LogP contribution in [0.5, 0.6) is 0 Å². The first-order chi connectivity index (χ1) is 17.1. The zero-order valence-corrected chi connectivity index (χ0v) is 19.4. The Labute approximate surface area is 202 Å². The van der Waals surface area contributed by atoms with Crippen LogP contribution in [0.3, 0.4) is 0 Å². The summed E-state index contributed by atoms with van der Waals surface area (Å²) in [5, 5.41) is 17.9. The molecule has 1 aliphatic heterocycles. The molecule has 2 aliphatic rings. The van der Waals surface area contributed by atoms with Crippen LogP contribution in [0, 0.1) is 0 Å². The number of hydrogen-bond donors (Lipinski definition) is 3. The van der Waals surface area contributed by atoms with Gasteiger partial charge in [-0.1, -0.05) is 18.2 Å². The van der Waals surface area contributed by atoms with Crippen LogP contribution in [-0.4, -0.2) is 36.0 Å². The van der Waals surface area contributed by atoms with E-state index in [9.17, 15) is 9.90 Å². The summed E-state index contributed by atoms with van der Waals surface area (Å²) in [6.45, 7) is 5.91. The van der Waals surface area contributed by atoms with E-state index in [4.69, 9.17) is 9.97 Å². The van der Waals surface area contributed by atoms with E-state index in [2.05, 4.69) is 34.3 Å². The quantitative estimate of drug-likeness (QED) is 0.373. The molecule has 9 nitrogen and oxygen atoms in total. The van der Waals surface area contributed by atoms with Gasteiger partial charge in [0, 0.05) is 18.4 Å². The average molecular weight is 470 g/mol. The molecule has 1 saturated carbocycles. The van der Waals surface area contributed by atoms with Crippen molar-refractivity contribution in [3.05, 3.63) is 82.4 Å². The van der Waals surface area contributed by atoms with Crippen LogP contribution in [0.2, 0.25) is 0 Å². The van der Waals surface area contributed by atoms with Gasteiger partial charge >= 0.3 is 0 Å². The fraction of sp³-hybridized carbons (Fsp3) is 0.308. The Morgan fingerprint density at radius 2 is 2.09 bits per heavy atom. The highest BCUT2D eigenvalue weighted by Crippen LogP contribution is 2.40. The Bertz CT molecular complexity index is 1500. The number of aromatic nitrogens is 5. The van der Waals surface area contributed by atoms with E-state index in [-0.39, 0.29) is 12.1 Å². The van der Waals surface area contributed by atoms with Crippen molar-refractivity contribution in [2.45, 2.75) is 44.4 Å². The Kier molecular flexibility index (Phi) is 5.23. The lowest BCUT2D eigenvalue weighted by atomic mass is 9.77. The van der Waals surface area contributed by atoms with Crippen LogP contribution in [0.4, 0.5) is 11.6 Å². The minimum Gasteiger partial charge on any atom is -0.384 e. The molecule has 0 spiro atoms. The van der Waals surface area contributed by atoms with Gasteiger partial charge in [0.1, 0.15) is 11.0 Å². The third-order valence-electron chi connectivity index (χ3n) is 6.94. The number of hydrogen-bond acceptors (Lipinski definition) is 7. The lowest BCUT2D eigenvalue weighted by Gasteiger charge is -2.36. The Hall–Kier alpha value is -3.82. The Balaban J connectivity index is 1.44. The van der Waals surface area contributed by atoms with Gasteiger partial charge in [0.15, 0.2) is 11.5 Å². The number of anilines is 2. The van der Waals surface area contributed by atoms with Crippen molar-refractivity contribution >= 4 is 22.7 Å². The molecule has 35 heavy (non-hydrogen) atoms. The number of aliphatic hydroxyl groups is 1. The fourth-order valence-electron chi connectivity index (χ4n) is 4.86. The topological polar surface area (TPSA) is 110 Å². The first kappa shape index (κ1) is 21.7. The minimum absolute atomic E-state index is 0.221. The maximum Gasteiger partial charge on any atom is 0.278 e. The predicted molar refractivity (Wildman–Crippen MR) is 134 cm³/mol. The van der Waals surface area contributed by atoms with Crippen LogP contribution in [0.25, 0.3) is 16.9 Å². The van der Waals surface area contributed by atoms with Crippen molar-refractivity contribution in [3.8, 4) is 5.82 Å². The van der Waals surface area contributed by atoms with E-state index in [1.807, 2.05) is 24.3 Å². The fourth-order valence-corrected chi connectivity index (χ4v) is 4.86. The normalized spacial score (nSPS) is 16.5. The number of pyridine rings is 1. The molecule has 6 rings (SSSR count). The number of nitrogens with zero attached hydrogens (tertiary/aromatic N) is 5. The molecular formula is C26H27N7O2. The van der Waals surface area contributed by atoms with Gasteiger partial charge in [-0.15, -0.1) is 6.58 Å². The summed E-state index contributed by atoms with van der Waals surface area (Å²) in [4.78, 5) is 27.1. The van der Waals surface area contributed by atoms with Crippen molar-refractivity contribution in [3.63, 3.8) is 0 Å². The van der Waals surface area contributed by atoms with Gasteiger partial charge < -0.3 is 15.7 Å². The molecule has 1 aliphatic carbocycles. The molecular weight excluding hydrogens is 442 g/mol. The highest BCUT2D eigenvalue weighted by atomic mass is 16.3. The molecule has 0 unspecified atom stereocenters. The second-order valence-electron chi connectivity index (χ2n) is 9.22. The second-order valence-corrected chi connectivity index (χ2v) is 9.22. The minimum atomic E-state index is -0.911. The average Bonchev–Trinajstić information content (AvgIpc) is 3.13. The number of fused-ring (bicyclic) bond motifs is 2. The summed E-state index contributed by atoms with van der Waals surface area (Å²) < 4.78 is 3.23. The van der Waals surface area contributed by atoms with Crippen molar-refractivity contribution < 1.29 is 5.11 Å². The molecule has 1 aromatic carbocycles. The molecule has 3 N–H and O–H groups in total. The first-order valence-electron chi connectivity index (χ1n) is 11.9. The largest absolute Gasteiger partial charge is 0.384 e. The third-order valence-corrected chi connectivity index (χ3v) is 6.94. The molecule has 0 saturated heterocycles. The van der Waals surface area contributed by atoms with Crippen molar-refractivity contribution in [2.24, 2.45) is 0 Å². The zero-order valence-electron chi connectivity index (χ0n) is 19.4. The molecule has 0 atom stereocenters. The summed E-state index contributed by atoms with van der Waals surface area (Å²) in [6, 6.07) is 11.8. The van der Waals surface area contributed by atoms with E-state index in [1.165, 1.54) is 15.8 Å². The van der Waals surface area contributed by atoms with Gasteiger partial charge in [0.25, 0.3) is 5.56 Å². The van der Waals surface area contributed by atoms with E-state index in [1.54, 1.807) is 17.0 Å². The molecule has 178 valence electrons. The second kappa shape index (κ2) is 8.44. The maximum atomic E-state index is 13.2. The van der Waals surface area contributed by atoms with Gasteiger partial charge in [-0.3, -0.25) is 4.79 Å². The lowest BCUT2D eigenvalue weighted by Crippen LogP contribution is -2.35. The van der Waals surface area contributed by atoms with Crippen molar-refractivity contribution in [1.29, 1.82) is 0 Å². The highest BCUT2D eigenvalue weighted by Gasteiger charge is 2.37. The standard InChI is InChI=1S/C26H27N7O2/c1-2-13-32-24(34)20-16-28-25(29-19-8-7-17-9-12-27-15-18(17)14-19)31-23(20)33(32)22-6-3-5-21(30-22)26(35)10-4-11-26/h2-3,5-8,14,16,27,35H,1,4,9-13,15H2,(H,28,29,31). The van der Waals surface area contributed by atoms with Crippen LogP contribution >= 0.6 is 0 Å². The van der Waals surface area contributed by atoms with Crippen LogP contribution in [-0.2, 0) is 25.1 Å². The smallest absolute Gasteiger partial charge is 0.278 e. The van der Waals surface area contributed by atoms with Gasteiger partial charge in [-0.25, -0.2) is 19.3 Å². The maximum absolute atomic E-state index is 13.2. The van der Waals surface area contributed by atoms with Gasteiger partial charge in [0.2, 0.25) is 5.95 Å².